The molecule has 2 aromatic carbocycles. The molecule has 0 radical (unpaired) electrons. The van der Waals surface area contributed by atoms with Crippen LogP contribution in [-0.4, -0.2) is 30.5 Å². The van der Waals surface area contributed by atoms with Crippen molar-refractivity contribution >= 4 is 23.0 Å². The third kappa shape index (κ3) is 6.17. The molecule has 0 unspecified atom stereocenters. The minimum Gasteiger partial charge on any atom is -0.378 e. The molecule has 2 rings (SSSR count). The van der Waals surface area contributed by atoms with Gasteiger partial charge in [-0.05, 0) is 24.3 Å². The van der Waals surface area contributed by atoms with E-state index < -0.39 is 22.6 Å². The quantitative estimate of drug-likeness (QED) is 0.370. The van der Waals surface area contributed by atoms with E-state index in [0.717, 1.165) is 12.1 Å². The number of carbonyl (C=O) groups is 1. The minimum atomic E-state index is -4.45. The molecular formula is C17H17F3N4O3. The second-order valence-corrected chi connectivity index (χ2v) is 5.48. The second-order valence-electron chi connectivity index (χ2n) is 5.48. The fourth-order valence-corrected chi connectivity index (χ4v) is 2.23. The van der Waals surface area contributed by atoms with E-state index in [2.05, 4.69) is 16.0 Å². The topological polar surface area (TPSA) is 96.3 Å². The van der Waals surface area contributed by atoms with Crippen LogP contribution in [0.25, 0.3) is 0 Å². The highest BCUT2D eigenvalue weighted by Crippen LogP contribution is 2.30. The van der Waals surface area contributed by atoms with Crippen molar-refractivity contribution in [2.45, 2.75) is 6.18 Å². The average Bonchev–Trinajstić information content (AvgIpc) is 2.63. The van der Waals surface area contributed by atoms with Gasteiger partial charge in [0.05, 0.1) is 17.0 Å². The molecule has 27 heavy (non-hydrogen) atoms. The number of anilines is 2. The zero-order valence-electron chi connectivity index (χ0n) is 14.0. The van der Waals surface area contributed by atoms with Crippen LogP contribution in [0.15, 0.2) is 48.5 Å². The summed E-state index contributed by atoms with van der Waals surface area (Å²) in [7, 11) is 0. The van der Waals surface area contributed by atoms with Crippen LogP contribution in [0.3, 0.4) is 0 Å². The Labute approximate surface area is 152 Å². The number of alkyl halides is 3. The third-order valence-corrected chi connectivity index (χ3v) is 3.51. The summed E-state index contributed by atoms with van der Waals surface area (Å²) in [5, 5.41) is 18.9. The van der Waals surface area contributed by atoms with Crippen LogP contribution >= 0.6 is 0 Å². The molecule has 0 aromatic heterocycles. The zero-order valence-corrected chi connectivity index (χ0v) is 14.0. The number of nitrogens with one attached hydrogen (secondary N) is 3. The van der Waals surface area contributed by atoms with Gasteiger partial charge in [-0.1, -0.05) is 18.2 Å². The maximum absolute atomic E-state index is 12.6. The number of benzene rings is 2. The molecule has 3 N–H and O–H groups in total. The van der Waals surface area contributed by atoms with Crippen LogP contribution in [-0.2, 0) is 11.0 Å². The molecule has 0 fully saturated rings. The van der Waals surface area contributed by atoms with E-state index >= 15 is 0 Å². The minimum absolute atomic E-state index is 0.0740. The molecule has 0 aliphatic rings. The summed E-state index contributed by atoms with van der Waals surface area (Å²) in [6, 6.07) is 10.6. The number of nitro benzene ring substituents is 1. The molecular weight excluding hydrogens is 365 g/mol. The van der Waals surface area contributed by atoms with Gasteiger partial charge in [0.1, 0.15) is 5.69 Å². The monoisotopic (exact) mass is 382 g/mol. The van der Waals surface area contributed by atoms with Crippen molar-refractivity contribution in [2.75, 3.05) is 30.3 Å². The summed E-state index contributed by atoms with van der Waals surface area (Å²) in [5.41, 5.74) is -0.367. The maximum atomic E-state index is 12.6. The molecule has 10 heteroatoms. The molecule has 7 nitrogen and oxygen atoms in total. The summed E-state index contributed by atoms with van der Waals surface area (Å²) in [6.07, 6.45) is -4.45. The Bertz CT molecular complexity index is 812. The Balaban J connectivity index is 1.75. The first-order chi connectivity index (χ1) is 12.8. The molecule has 0 heterocycles. The predicted octanol–water partition coefficient (Wildman–Crippen LogP) is 3.25. The van der Waals surface area contributed by atoms with E-state index in [4.69, 9.17) is 0 Å². The Hall–Kier alpha value is -3.30. The van der Waals surface area contributed by atoms with Crippen LogP contribution in [0, 0.1) is 10.1 Å². The van der Waals surface area contributed by atoms with Crippen molar-refractivity contribution in [1.29, 1.82) is 0 Å². The first-order valence-electron chi connectivity index (χ1n) is 7.92. The number of para-hydroxylation sites is 2. The first-order valence-corrected chi connectivity index (χ1v) is 7.92. The van der Waals surface area contributed by atoms with Gasteiger partial charge in [0.15, 0.2) is 0 Å². The molecule has 0 bridgehead atoms. The Kier molecular flexibility index (Phi) is 6.58. The van der Waals surface area contributed by atoms with Gasteiger partial charge in [-0.2, -0.15) is 13.2 Å². The summed E-state index contributed by atoms with van der Waals surface area (Å²) in [6.45, 7) is 0.238. The van der Waals surface area contributed by atoms with E-state index in [0.29, 0.717) is 5.69 Å². The molecule has 0 aliphatic carbocycles. The van der Waals surface area contributed by atoms with Gasteiger partial charge in [0.25, 0.3) is 5.69 Å². The number of carbonyl (C=O) groups excluding carboxylic acids is 1. The highest BCUT2D eigenvalue weighted by atomic mass is 19.4. The van der Waals surface area contributed by atoms with E-state index in [9.17, 15) is 28.1 Å². The molecule has 0 saturated carbocycles. The predicted molar refractivity (Wildman–Crippen MR) is 94.5 cm³/mol. The number of nitro groups is 1. The van der Waals surface area contributed by atoms with Gasteiger partial charge >= 0.3 is 6.18 Å². The van der Waals surface area contributed by atoms with Crippen LogP contribution in [0.4, 0.5) is 30.2 Å². The summed E-state index contributed by atoms with van der Waals surface area (Å²) < 4.78 is 37.9. The van der Waals surface area contributed by atoms with Gasteiger partial charge in [0, 0.05) is 24.8 Å². The van der Waals surface area contributed by atoms with E-state index in [-0.39, 0.29) is 31.0 Å². The SMILES string of the molecule is O=C(CNc1cccc(C(F)(F)F)c1)NCCNc1ccccc1[N+](=O)[O-]. The Morgan fingerprint density at radius 1 is 1.04 bits per heavy atom. The van der Waals surface area contributed by atoms with Crippen molar-refractivity contribution in [3.63, 3.8) is 0 Å². The molecule has 0 atom stereocenters. The number of amides is 1. The van der Waals surface area contributed by atoms with Gasteiger partial charge < -0.3 is 16.0 Å². The number of hydrogen-bond acceptors (Lipinski definition) is 5. The average molecular weight is 382 g/mol. The van der Waals surface area contributed by atoms with E-state index in [1.807, 2.05) is 0 Å². The first kappa shape index (κ1) is 20.0. The highest BCUT2D eigenvalue weighted by molar-refractivity contribution is 5.80. The second kappa shape index (κ2) is 8.88. The number of rotatable bonds is 8. The van der Waals surface area contributed by atoms with Crippen molar-refractivity contribution in [2.24, 2.45) is 0 Å². The zero-order chi connectivity index (χ0) is 19.9. The Morgan fingerprint density at radius 2 is 1.78 bits per heavy atom. The Morgan fingerprint density at radius 3 is 2.48 bits per heavy atom. The van der Waals surface area contributed by atoms with Crippen molar-refractivity contribution in [1.82, 2.24) is 5.32 Å². The van der Waals surface area contributed by atoms with Crippen molar-refractivity contribution in [3.05, 3.63) is 64.2 Å². The van der Waals surface area contributed by atoms with Gasteiger partial charge in [0.2, 0.25) is 5.91 Å². The lowest BCUT2D eigenvalue weighted by molar-refractivity contribution is -0.384. The van der Waals surface area contributed by atoms with Crippen LogP contribution in [0.1, 0.15) is 5.56 Å². The molecule has 0 aliphatic heterocycles. The lowest BCUT2D eigenvalue weighted by Gasteiger charge is -2.11. The number of hydrogen-bond donors (Lipinski definition) is 3. The van der Waals surface area contributed by atoms with Crippen molar-refractivity contribution in [3.8, 4) is 0 Å². The molecule has 0 spiro atoms. The van der Waals surface area contributed by atoms with E-state index in [1.54, 1.807) is 18.2 Å². The maximum Gasteiger partial charge on any atom is 0.416 e. The smallest absolute Gasteiger partial charge is 0.378 e. The largest absolute Gasteiger partial charge is 0.416 e. The number of halogens is 3. The van der Waals surface area contributed by atoms with Gasteiger partial charge in [-0.3, -0.25) is 14.9 Å². The molecule has 144 valence electrons. The molecule has 1 amide bonds. The van der Waals surface area contributed by atoms with Gasteiger partial charge in [-0.25, -0.2) is 0 Å². The van der Waals surface area contributed by atoms with Crippen LogP contribution < -0.4 is 16.0 Å². The van der Waals surface area contributed by atoms with E-state index in [1.165, 1.54) is 18.2 Å². The lowest BCUT2D eigenvalue weighted by atomic mass is 10.2. The van der Waals surface area contributed by atoms with Crippen LogP contribution in [0.2, 0.25) is 0 Å². The fraction of sp³-hybridized carbons (Fsp3) is 0.235. The standard InChI is InChI=1S/C17H17F3N4O3/c18-17(19,20)12-4-3-5-13(10-12)23-11-16(25)22-9-8-21-14-6-1-2-7-15(14)24(26)27/h1-7,10,21,23H,8-9,11H2,(H,22,25). The summed E-state index contributed by atoms with van der Waals surface area (Å²) >= 11 is 0. The molecule has 0 saturated heterocycles. The van der Waals surface area contributed by atoms with Crippen molar-refractivity contribution < 1.29 is 22.9 Å². The number of nitrogens with zero attached hydrogens (tertiary/aromatic N) is 1. The third-order valence-electron chi connectivity index (χ3n) is 3.51. The van der Waals surface area contributed by atoms with Crippen LogP contribution in [0.5, 0.6) is 0 Å². The van der Waals surface area contributed by atoms with Gasteiger partial charge in [-0.15, -0.1) is 0 Å². The highest BCUT2D eigenvalue weighted by Gasteiger charge is 2.30. The summed E-state index contributed by atoms with van der Waals surface area (Å²) in [5.74, 6) is -0.420. The fourth-order valence-electron chi connectivity index (χ4n) is 2.23. The summed E-state index contributed by atoms with van der Waals surface area (Å²) in [4.78, 5) is 22.1. The molecule has 2 aromatic rings. The lowest BCUT2D eigenvalue weighted by Crippen LogP contribution is -2.33. The normalized spacial score (nSPS) is 10.9.